The van der Waals surface area contributed by atoms with Crippen LogP contribution in [0, 0.1) is 0 Å². The van der Waals surface area contributed by atoms with E-state index >= 15 is 0 Å². The second kappa shape index (κ2) is 9.25. The number of tetrazole rings is 1. The Morgan fingerprint density at radius 1 is 1.03 bits per heavy atom. The van der Waals surface area contributed by atoms with Gasteiger partial charge in [-0.2, -0.15) is 9.78 Å². The summed E-state index contributed by atoms with van der Waals surface area (Å²) in [7, 11) is 0. The molecule has 31 heavy (non-hydrogen) atoms. The molecule has 162 valence electrons. The van der Waals surface area contributed by atoms with E-state index in [2.05, 4.69) is 25.4 Å². The van der Waals surface area contributed by atoms with Gasteiger partial charge in [0, 0.05) is 19.5 Å². The predicted octanol–water partition coefficient (Wildman–Crippen LogP) is 2.01. The van der Waals surface area contributed by atoms with Crippen LogP contribution < -0.4 is 11.2 Å². The van der Waals surface area contributed by atoms with Gasteiger partial charge in [-0.25, -0.2) is 4.79 Å². The van der Waals surface area contributed by atoms with E-state index in [4.69, 9.17) is 11.6 Å². The zero-order valence-corrected chi connectivity index (χ0v) is 17.9. The van der Waals surface area contributed by atoms with E-state index in [1.807, 2.05) is 37.3 Å². The van der Waals surface area contributed by atoms with Crippen molar-refractivity contribution in [3.8, 4) is 0 Å². The molecular formula is C20H23ClN8O2. The Hall–Kier alpha value is -3.27. The SMILES string of the molecule is CCCCn1c(=O)n(CCCn2nnc(Cc3ccccc3)n2)c(=O)c2[nH]c(Cl)nc21. The minimum atomic E-state index is -0.427. The van der Waals surface area contributed by atoms with Gasteiger partial charge in [0.05, 0.1) is 6.54 Å². The van der Waals surface area contributed by atoms with Crippen LogP contribution in [0.5, 0.6) is 0 Å². The molecule has 0 fully saturated rings. The lowest BCUT2D eigenvalue weighted by atomic mass is 10.1. The third-order valence-corrected chi connectivity index (χ3v) is 5.19. The number of halogens is 1. The molecule has 0 unspecified atom stereocenters. The third-order valence-electron chi connectivity index (χ3n) is 5.01. The molecule has 4 aromatic rings. The van der Waals surface area contributed by atoms with Gasteiger partial charge in [0.1, 0.15) is 0 Å². The van der Waals surface area contributed by atoms with Gasteiger partial charge in [0.15, 0.2) is 17.0 Å². The Balaban J connectivity index is 1.49. The molecule has 0 atom stereocenters. The van der Waals surface area contributed by atoms with Gasteiger partial charge >= 0.3 is 5.69 Å². The Labute approximate surface area is 182 Å². The lowest BCUT2D eigenvalue weighted by Gasteiger charge is -2.10. The van der Waals surface area contributed by atoms with Crippen LogP contribution in [0.1, 0.15) is 37.6 Å². The van der Waals surface area contributed by atoms with Crippen molar-refractivity contribution in [3.05, 3.63) is 67.8 Å². The smallest absolute Gasteiger partial charge is 0.323 e. The van der Waals surface area contributed by atoms with E-state index < -0.39 is 5.56 Å². The molecule has 0 saturated carbocycles. The first-order chi connectivity index (χ1) is 15.1. The zero-order valence-electron chi connectivity index (χ0n) is 17.2. The van der Waals surface area contributed by atoms with Crippen molar-refractivity contribution in [1.82, 2.24) is 39.3 Å². The number of nitrogens with zero attached hydrogens (tertiary/aromatic N) is 7. The molecule has 4 rings (SSSR count). The normalized spacial score (nSPS) is 11.4. The van der Waals surface area contributed by atoms with Gasteiger partial charge in [-0.15, -0.1) is 10.2 Å². The maximum atomic E-state index is 12.9. The van der Waals surface area contributed by atoms with E-state index in [1.165, 1.54) is 13.9 Å². The highest BCUT2D eigenvalue weighted by atomic mass is 35.5. The van der Waals surface area contributed by atoms with Gasteiger partial charge in [-0.05, 0) is 35.2 Å². The number of unbranched alkanes of at least 4 members (excludes halogenated alkanes) is 1. The number of hydrogen-bond acceptors (Lipinski definition) is 6. The van der Waals surface area contributed by atoms with Gasteiger partial charge in [0.25, 0.3) is 5.56 Å². The minimum Gasteiger partial charge on any atom is -0.323 e. The fourth-order valence-corrected chi connectivity index (χ4v) is 3.62. The highest BCUT2D eigenvalue weighted by Gasteiger charge is 2.16. The maximum Gasteiger partial charge on any atom is 0.332 e. The van der Waals surface area contributed by atoms with Crippen LogP contribution >= 0.6 is 11.6 Å². The van der Waals surface area contributed by atoms with Crippen LogP contribution in [0.2, 0.25) is 5.28 Å². The first-order valence-electron chi connectivity index (χ1n) is 10.3. The van der Waals surface area contributed by atoms with Gasteiger partial charge < -0.3 is 4.98 Å². The standard InChI is InChI=1S/C20H23ClN8O2/c1-2-3-10-27-17-16(22-19(21)23-17)18(30)28(20(27)31)11-7-12-29-25-15(24-26-29)13-14-8-5-4-6-9-14/h4-6,8-9H,2-3,7,10-13H2,1H3,(H,22,23). The molecule has 0 saturated heterocycles. The van der Waals surface area contributed by atoms with E-state index in [0.717, 1.165) is 18.4 Å². The molecule has 3 aromatic heterocycles. The van der Waals surface area contributed by atoms with Crippen LogP contribution in [0.3, 0.4) is 0 Å². The molecule has 0 aliphatic heterocycles. The Kier molecular flexibility index (Phi) is 6.26. The highest BCUT2D eigenvalue weighted by molar-refractivity contribution is 6.28. The number of imidazole rings is 1. The number of aromatic nitrogens is 8. The number of aromatic amines is 1. The van der Waals surface area contributed by atoms with E-state index in [9.17, 15) is 9.59 Å². The average molecular weight is 443 g/mol. The molecule has 1 aromatic carbocycles. The zero-order chi connectivity index (χ0) is 21.8. The molecule has 0 amide bonds. The topological polar surface area (TPSA) is 116 Å². The number of fused-ring (bicyclic) bond motifs is 1. The molecular weight excluding hydrogens is 420 g/mol. The van der Waals surface area contributed by atoms with E-state index in [1.54, 1.807) is 0 Å². The molecule has 0 aliphatic rings. The molecule has 0 aliphatic carbocycles. The van der Waals surface area contributed by atoms with E-state index in [0.29, 0.717) is 37.4 Å². The predicted molar refractivity (Wildman–Crippen MR) is 116 cm³/mol. The fraction of sp³-hybridized carbons (Fsp3) is 0.400. The van der Waals surface area contributed by atoms with Crippen LogP contribution in [0.25, 0.3) is 11.2 Å². The number of aryl methyl sites for hydroxylation is 2. The maximum absolute atomic E-state index is 12.9. The van der Waals surface area contributed by atoms with Crippen LogP contribution in [-0.4, -0.2) is 39.3 Å². The van der Waals surface area contributed by atoms with Crippen LogP contribution in [-0.2, 0) is 26.1 Å². The molecule has 10 nitrogen and oxygen atoms in total. The van der Waals surface area contributed by atoms with Crippen LogP contribution in [0.15, 0.2) is 39.9 Å². The number of rotatable bonds is 9. The monoisotopic (exact) mass is 442 g/mol. The average Bonchev–Trinajstić information content (AvgIpc) is 3.37. The van der Waals surface area contributed by atoms with Crippen molar-refractivity contribution in [2.24, 2.45) is 0 Å². The van der Waals surface area contributed by atoms with Gasteiger partial charge in [0.2, 0.25) is 5.28 Å². The summed E-state index contributed by atoms with van der Waals surface area (Å²) in [5.41, 5.74) is 0.833. The van der Waals surface area contributed by atoms with E-state index in [-0.39, 0.29) is 23.0 Å². The fourth-order valence-electron chi connectivity index (χ4n) is 3.44. The number of H-pyrrole nitrogens is 1. The molecule has 0 bridgehead atoms. The third kappa shape index (κ3) is 4.58. The molecule has 11 heteroatoms. The van der Waals surface area contributed by atoms with Crippen molar-refractivity contribution in [3.63, 3.8) is 0 Å². The van der Waals surface area contributed by atoms with Crippen molar-refractivity contribution in [1.29, 1.82) is 0 Å². The number of hydrogen-bond donors (Lipinski definition) is 1. The van der Waals surface area contributed by atoms with Crippen molar-refractivity contribution < 1.29 is 0 Å². The summed E-state index contributed by atoms with van der Waals surface area (Å²) in [6.45, 7) is 3.17. The summed E-state index contributed by atoms with van der Waals surface area (Å²) in [6.07, 6.45) is 2.80. The second-order valence-electron chi connectivity index (χ2n) is 7.29. The van der Waals surface area contributed by atoms with Crippen molar-refractivity contribution in [2.45, 2.75) is 52.2 Å². The Morgan fingerprint density at radius 2 is 1.81 bits per heavy atom. The Morgan fingerprint density at radius 3 is 2.58 bits per heavy atom. The first kappa shape index (κ1) is 21.0. The lowest BCUT2D eigenvalue weighted by molar-refractivity contribution is 0.451. The summed E-state index contributed by atoms with van der Waals surface area (Å²) in [6, 6.07) is 9.91. The summed E-state index contributed by atoms with van der Waals surface area (Å²) in [5.74, 6) is 0.624. The molecule has 0 radical (unpaired) electrons. The summed E-state index contributed by atoms with van der Waals surface area (Å²) >= 11 is 5.95. The van der Waals surface area contributed by atoms with Gasteiger partial charge in [-0.3, -0.25) is 13.9 Å². The summed E-state index contributed by atoms with van der Waals surface area (Å²) < 4.78 is 2.72. The largest absolute Gasteiger partial charge is 0.332 e. The quantitative estimate of drug-likeness (QED) is 0.396. The highest BCUT2D eigenvalue weighted by Crippen LogP contribution is 2.10. The second-order valence-corrected chi connectivity index (χ2v) is 7.65. The lowest BCUT2D eigenvalue weighted by Crippen LogP contribution is -2.40. The Bertz CT molecular complexity index is 1290. The molecule has 0 spiro atoms. The van der Waals surface area contributed by atoms with Crippen molar-refractivity contribution >= 4 is 22.8 Å². The molecule has 3 heterocycles. The first-order valence-corrected chi connectivity index (χ1v) is 10.6. The molecule has 1 N–H and O–H groups in total. The van der Waals surface area contributed by atoms with Gasteiger partial charge in [-0.1, -0.05) is 43.7 Å². The summed E-state index contributed by atoms with van der Waals surface area (Å²) in [5, 5.41) is 12.6. The van der Waals surface area contributed by atoms with Crippen LogP contribution in [0.4, 0.5) is 0 Å². The number of benzene rings is 1. The minimum absolute atomic E-state index is 0.0901. The number of nitrogens with one attached hydrogen (secondary N) is 1. The van der Waals surface area contributed by atoms with Crippen molar-refractivity contribution in [2.75, 3.05) is 0 Å². The summed E-state index contributed by atoms with van der Waals surface area (Å²) in [4.78, 5) is 34.1.